The molecular formula is C13H6Br2F3NO. The predicted molar refractivity (Wildman–Crippen MR) is 76.1 cm³/mol. The van der Waals surface area contributed by atoms with E-state index >= 15 is 0 Å². The van der Waals surface area contributed by atoms with Gasteiger partial charge in [-0.1, -0.05) is 0 Å². The Balaban J connectivity index is 2.35. The van der Waals surface area contributed by atoms with E-state index in [-0.39, 0.29) is 15.7 Å². The summed E-state index contributed by atoms with van der Waals surface area (Å²) in [5.41, 5.74) is -0.215. The number of carbonyl (C=O) groups excluding carboxylic acids is 1. The molecule has 2 nitrogen and oxygen atoms in total. The molecule has 0 aliphatic rings. The molecule has 7 heteroatoms. The van der Waals surface area contributed by atoms with Gasteiger partial charge in [0.1, 0.15) is 11.6 Å². The van der Waals surface area contributed by atoms with E-state index in [0.717, 1.165) is 12.1 Å². The van der Waals surface area contributed by atoms with Crippen LogP contribution in [0, 0.1) is 17.5 Å². The molecule has 104 valence electrons. The molecule has 0 saturated heterocycles. The molecule has 0 bridgehead atoms. The summed E-state index contributed by atoms with van der Waals surface area (Å²) in [7, 11) is 0. The quantitative estimate of drug-likeness (QED) is 0.753. The monoisotopic (exact) mass is 407 g/mol. The summed E-state index contributed by atoms with van der Waals surface area (Å²) in [6.07, 6.45) is 0. The van der Waals surface area contributed by atoms with E-state index in [4.69, 9.17) is 0 Å². The van der Waals surface area contributed by atoms with Gasteiger partial charge in [0.05, 0.1) is 11.3 Å². The first-order valence-corrected chi connectivity index (χ1v) is 6.88. The number of hydrogen-bond acceptors (Lipinski definition) is 1. The lowest BCUT2D eigenvalue weighted by Crippen LogP contribution is -2.14. The molecule has 0 spiro atoms. The molecular weight excluding hydrogens is 403 g/mol. The number of rotatable bonds is 2. The standard InChI is InChI=1S/C13H6Br2F3NO/c14-9-2-1-6(16)3-8(9)13(20)19-12-10(15)4-7(17)5-11(12)18/h1-5H,(H,19,20). The van der Waals surface area contributed by atoms with Crippen molar-refractivity contribution in [2.24, 2.45) is 0 Å². The second-order valence-corrected chi connectivity index (χ2v) is 5.53. The van der Waals surface area contributed by atoms with E-state index in [1.165, 1.54) is 12.1 Å². The highest BCUT2D eigenvalue weighted by atomic mass is 79.9. The highest BCUT2D eigenvalue weighted by Gasteiger charge is 2.16. The van der Waals surface area contributed by atoms with Crippen molar-refractivity contribution in [1.29, 1.82) is 0 Å². The highest BCUT2D eigenvalue weighted by Crippen LogP contribution is 2.28. The van der Waals surface area contributed by atoms with E-state index in [2.05, 4.69) is 37.2 Å². The van der Waals surface area contributed by atoms with E-state index < -0.39 is 23.4 Å². The van der Waals surface area contributed by atoms with Gasteiger partial charge in [-0.25, -0.2) is 13.2 Å². The van der Waals surface area contributed by atoms with E-state index in [1.807, 2.05) is 0 Å². The normalized spacial score (nSPS) is 10.4. The van der Waals surface area contributed by atoms with Gasteiger partial charge in [-0.15, -0.1) is 0 Å². The van der Waals surface area contributed by atoms with E-state index in [0.29, 0.717) is 10.5 Å². The van der Waals surface area contributed by atoms with Crippen LogP contribution in [-0.4, -0.2) is 5.91 Å². The van der Waals surface area contributed by atoms with Crippen LogP contribution in [0.15, 0.2) is 39.3 Å². The van der Waals surface area contributed by atoms with Gasteiger partial charge < -0.3 is 5.32 Å². The molecule has 0 unspecified atom stereocenters. The number of nitrogens with one attached hydrogen (secondary N) is 1. The molecule has 1 N–H and O–H groups in total. The fourth-order valence-electron chi connectivity index (χ4n) is 1.51. The second-order valence-electron chi connectivity index (χ2n) is 3.82. The summed E-state index contributed by atoms with van der Waals surface area (Å²) in [5, 5.41) is 2.27. The number of hydrogen-bond donors (Lipinski definition) is 1. The van der Waals surface area contributed by atoms with Crippen LogP contribution in [0.1, 0.15) is 10.4 Å². The van der Waals surface area contributed by atoms with Crippen molar-refractivity contribution in [2.75, 3.05) is 5.32 Å². The van der Waals surface area contributed by atoms with Crippen LogP contribution in [-0.2, 0) is 0 Å². The van der Waals surface area contributed by atoms with Crippen molar-refractivity contribution in [2.45, 2.75) is 0 Å². The minimum absolute atomic E-state index is 0.000579. The Hall–Kier alpha value is -1.34. The topological polar surface area (TPSA) is 29.1 Å². The third-order valence-corrected chi connectivity index (χ3v) is 3.74. The minimum atomic E-state index is -0.933. The smallest absolute Gasteiger partial charge is 0.257 e. The van der Waals surface area contributed by atoms with Crippen LogP contribution in [0.4, 0.5) is 18.9 Å². The molecule has 0 aliphatic heterocycles. The molecule has 2 aromatic rings. The second kappa shape index (κ2) is 5.97. The Kier molecular flexibility index (Phi) is 4.49. The number of halogens is 5. The van der Waals surface area contributed by atoms with Crippen molar-refractivity contribution >= 4 is 43.5 Å². The zero-order valence-corrected chi connectivity index (χ0v) is 12.9. The van der Waals surface area contributed by atoms with Crippen molar-refractivity contribution in [3.63, 3.8) is 0 Å². The Labute approximate surface area is 129 Å². The zero-order chi connectivity index (χ0) is 14.9. The number of carbonyl (C=O) groups is 1. The third-order valence-electron chi connectivity index (χ3n) is 2.42. The van der Waals surface area contributed by atoms with Gasteiger partial charge in [0.2, 0.25) is 0 Å². The van der Waals surface area contributed by atoms with Crippen LogP contribution < -0.4 is 5.32 Å². The molecule has 0 saturated carbocycles. The lowest BCUT2D eigenvalue weighted by atomic mass is 10.2. The van der Waals surface area contributed by atoms with Gasteiger partial charge in [0.25, 0.3) is 5.91 Å². The Morgan fingerprint density at radius 2 is 1.65 bits per heavy atom. The first-order chi connectivity index (χ1) is 9.38. The largest absolute Gasteiger partial charge is 0.318 e. The Morgan fingerprint density at radius 1 is 0.950 bits per heavy atom. The molecule has 2 rings (SSSR count). The van der Waals surface area contributed by atoms with Crippen LogP contribution in [0.3, 0.4) is 0 Å². The van der Waals surface area contributed by atoms with Gasteiger partial charge in [0.15, 0.2) is 5.82 Å². The Morgan fingerprint density at radius 3 is 2.30 bits per heavy atom. The van der Waals surface area contributed by atoms with E-state index in [1.54, 1.807) is 0 Å². The Bertz CT molecular complexity index is 668. The fraction of sp³-hybridized carbons (Fsp3) is 0. The van der Waals surface area contributed by atoms with Gasteiger partial charge >= 0.3 is 0 Å². The summed E-state index contributed by atoms with van der Waals surface area (Å²) >= 11 is 6.05. The van der Waals surface area contributed by atoms with Crippen molar-refractivity contribution < 1.29 is 18.0 Å². The molecule has 0 radical (unpaired) electrons. The molecule has 0 atom stereocenters. The van der Waals surface area contributed by atoms with Crippen LogP contribution in [0.25, 0.3) is 0 Å². The molecule has 0 aromatic heterocycles. The zero-order valence-electron chi connectivity index (χ0n) is 9.68. The first kappa shape index (κ1) is 15.1. The molecule has 0 heterocycles. The summed E-state index contributed by atoms with van der Waals surface area (Å²) in [6, 6.07) is 5.20. The summed E-state index contributed by atoms with van der Waals surface area (Å²) < 4.78 is 40.1. The minimum Gasteiger partial charge on any atom is -0.318 e. The maximum atomic E-state index is 13.6. The van der Waals surface area contributed by atoms with Crippen LogP contribution in [0.5, 0.6) is 0 Å². The number of anilines is 1. The lowest BCUT2D eigenvalue weighted by molar-refractivity contribution is 0.102. The maximum absolute atomic E-state index is 13.6. The maximum Gasteiger partial charge on any atom is 0.257 e. The molecule has 2 aromatic carbocycles. The predicted octanol–water partition coefficient (Wildman–Crippen LogP) is 4.88. The molecule has 20 heavy (non-hydrogen) atoms. The molecule has 0 fully saturated rings. The first-order valence-electron chi connectivity index (χ1n) is 5.29. The number of benzene rings is 2. The third kappa shape index (κ3) is 3.21. The van der Waals surface area contributed by atoms with Crippen LogP contribution >= 0.6 is 31.9 Å². The highest BCUT2D eigenvalue weighted by molar-refractivity contribution is 9.11. The van der Waals surface area contributed by atoms with Crippen LogP contribution in [0.2, 0.25) is 0 Å². The van der Waals surface area contributed by atoms with E-state index in [9.17, 15) is 18.0 Å². The summed E-state index contributed by atoms with van der Waals surface area (Å²) in [4.78, 5) is 12.0. The molecule has 0 aliphatic carbocycles. The fourth-order valence-corrected chi connectivity index (χ4v) is 2.45. The van der Waals surface area contributed by atoms with Crippen molar-refractivity contribution in [3.8, 4) is 0 Å². The van der Waals surface area contributed by atoms with Gasteiger partial charge in [-0.3, -0.25) is 4.79 Å². The summed E-state index contributed by atoms with van der Waals surface area (Å²) in [6.45, 7) is 0. The van der Waals surface area contributed by atoms with Gasteiger partial charge in [0, 0.05) is 15.0 Å². The summed E-state index contributed by atoms with van der Waals surface area (Å²) in [5.74, 6) is -3.03. The van der Waals surface area contributed by atoms with Gasteiger partial charge in [-0.05, 0) is 56.1 Å². The lowest BCUT2D eigenvalue weighted by Gasteiger charge is -2.10. The van der Waals surface area contributed by atoms with Gasteiger partial charge in [-0.2, -0.15) is 0 Å². The molecule has 1 amide bonds. The van der Waals surface area contributed by atoms with Crippen molar-refractivity contribution in [3.05, 3.63) is 62.3 Å². The SMILES string of the molecule is O=C(Nc1c(F)cc(F)cc1Br)c1cc(F)ccc1Br. The average molecular weight is 409 g/mol. The average Bonchev–Trinajstić information content (AvgIpc) is 2.36. The number of amides is 1. The van der Waals surface area contributed by atoms with Crippen molar-refractivity contribution in [1.82, 2.24) is 0 Å².